The molecule has 1 heterocycles. The van der Waals surface area contributed by atoms with Gasteiger partial charge in [-0.2, -0.15) is 0 Å². The van der Waals surface area contributed by atoms with E-state index in [0.717, 1.165) is 18.4 Å². The lowest BCUT2D eigenvalue weighted by atomic mass is 10.1. The molecule has 1 aromatic rings. The number of aliphatic carboxylic acids is 1. The highest BCUT2D eigenvalue weighted by atomic mass is 16.5. The van der Waals surface area contributed by atoms with Crippen molar-refractivity contribution in [1.82, 2.24) is 4.90 Å². The van der Waals surface area contributed by atoms with Crippen molar-refractivity contribution in [3.8, 4) is 0 Å². The van der Waals surface area contributed by atoms with E-state index in [1.54, 1.807) is 6.08 Å². The van der Waals surface area contributed by atoms with Gasteiger partial charge in [-0.15, -0.1) is 0 Å². The van der Waals surface area contributed by atoms with E-state index in [1.165, 1.54) is 10.5 Å². The van der Waals surface area contributed by atoms with Gasteiger partial charge in [0.25, 0.3) is 0 Å². The van der Waals surface area contributed by atoms with Crippen LogP contribution in [0.1, 0.15) is 18.9 Å². The van der Waals surface area contributed by atoms with Gasteiger partial charge in [-0.05, 0) is 25.3 Å². The van der Waals surface area contributed by atoms with Crippen LogP contribution in [-0.2, 0) is 20.7 Å². The third kappa shape index (κ3) is 4.70. The van der Waals surface area contributed by atoms with Crippen LogP contribution in [-0.4, -0.2) is 47.7 Å². The number of carbonyl (C=O) groups excluding carboxylic acids is 1. The van der Waals surface area contributed by atoms with Crippen molar-refractivity contribution < 1.29 is 19.4 Å². The molecule has 1 aliphatic heterocycles. The van der Waals surface area contributed by atoms with Crippen LogP contribution in [0.15, 0.2) is 42.0 Å². The highest BCUT2D eigenvalue weighted by molar-refractivity contribution is 5.89. The van der Waals surface area contributed by atoms with Gasteiger partial charge in [-0.25, -0.2) is 4.79 Å². The van der Waals surface area contributed by atoms with E-state index in [0.29, 0.717) is 6.54 Å². The van der Waals surface area contributed by atoms with E-state index in [2.05, 4.69) is 12.1 Å². The fourth-order valence-electron chi connectivity index (χ4n) is 2.36. The fraction of sp³-hybridized carbons (Fsp3) is 0.412. The Hall–Kier alpha value is -2.14. The van der Waals surface area contributed by atoms with E-state index in [-0.39, 0.29) is 19.1 Å². The molecule has 1 amide bonds. The Morgan fingerprint density at radius 1 is 1.36 bits per heavy atom. The van der Waals surface area contributed by atoms with E-state index < -0.39 is 12.1 Å². The number of carbonyl (C=O) groups is 2. The van der Waals surface area contributed by atoms with E-state index >= 15 is 0 Å². The van der Waals surface area contributed by atoms with Crippen molar-refractivity contribution in [2.45, 2.75) is 25.9 Å². The van der Waals surface area contributed by atoms with Crippen LogP contribution in [0, 0.1) is 0 Å². The van der Waals surface area contributed by atoms with E-state index in [4.69, 9.17) is 9.84 Å². The molecule has 1 aliphatic rings. The van der Waals surface area contributed by atoms with Crippen LogP contribution >= 0.6 is 0 Å². The van der Waals surface area contributed by atoms with Crippen LogP contribution < -0.4 is 0 Å². The van der Waals surface area contributed by atoms with Crippen LogP contribution in [0.25, 0.3) is 0 Å². The monoisotopic (exact) mass is 303 g/mol. The fourth-order valence-corrected chi connectivity index (χ4v) is 2.36. The molecule has 5 nitrogen and oxygen atoms in total. The summed E-state index contributed by atoms with van der Waals surface area (Å²) < 4.78 is 5.12. The molecular formula is C17H21NO4. The molecule has 22 heavy (non-hydrogen) atoms. The molecule has 1 saturated heterocycles. The second-order valence-electron chi connectivity index (χ2n) is 5.46. The first-order valence-corrected chi connectivity index (χ1v) is 7.40. The molecular weight excluding hydrogens is 282 g/mol. The van der Waals surface area contributed by atoms with Gasteiger partial charge < -0.3 is 14.7 Å². The van der Waals surface area contributed by atoms with Gasteiger partial charge in [-0.1, -0.05) is 35.9 Å². The molecule has 1 fully saturated rings. The minimum absolute atomic E-state index is 0.108. The highest BCUT2D eigenvalue weighted by Crippen LogP contribution is 2.11. The summed E-state index contributed by atoms with van der Waals surface area (Å²) in [6.07, 6.45) is 2.38. The lowest BCUT2D eigenvalue weighted by molar-refractivity contribution is -0.158. The summed E-state index contributed by atoms with van der Waals surface area (Å²) in [4.78, 5) is 24.7. The molecule has 2 rings (SSSR count). The Morgan fingerprint density at radius 2 is 2.09 bits per heavy atom. The summed E-state index contributed by atoms with van der Waals surface area (Å²) in [6.45, 7) is 2.73. The summed E-state index contributed by atoms with van der Waals surface area (Å²) in [5.74, 6) is -1.16. The highest BCUT2D eigenvalue weighted by Gasteiger charge is 2.28. The third-order valence-corrected chi connectivity index (χ3v) is 3.67. The normalized spacial score (nSPS) is 19.0. The predicted molar refractivity (Wildman–Crippen MR) is 82.5 cm³/mol. The first kappa shape index (κ1) is 16.2. The summed E-state index contributed by atoms with van der Waals surface area (Å²) in [7, 11) is 0. The largest absolute Gasteiger partial charge is 0.479 e. The maximum atomic E-state index is 12.2. The van der Waals surface area contributed by atoms with Crippen LogP contribution in [0.2, 0.25) is 0 Å². The van der Waals surface area contributed by atoms with Crippen molar-refractivity contribution in [1.29, 1.82) is 0 Å². The zero-order chi connectivity index (χ0) is 15.9. The Balaban J connectivity index is 1.87. The van der Waals surface area contributed by atoms with Gasteiger partial charge >= 0.3 is 5.97 Å². The lowest BCUT2D eigenvalue weighted by Gasteiger charge is -2.30. The summed E-state index contributed by atoms with van der Waals surface area (Å²) in [5, 5.41) is 8.95. The van der Waals surface area contributed by atoms with Crippen LogP contribution in [0.3, 0.4) is 0 Å². The molecule has 0 aromatic heterocycles. The molecule has 0 bridgehead atoms. The summed E-state index contributed by atoms with van der Waals surface area (Å²) in [5.41, 5.74) is 2.23. The first-order chi connectivity index (χ1) is 10.6. The standard InChI is InChI=1S/C17H21NO4/c1-13(7-8-14-5-3-2-4-6-14)11-16(19)18-9-10-22-15(12-18)17(20)21/h2-6,11,15H,7-10,12H2,1H3,(H,20,21)/b13-11+. The number of benzene rings is 1. The summed E-state index contributed by atoms with van der Waals surface area (Å²) >= 11 is 0. The zero-order valence-electron chi connectivity index (χ0n) is 12.7. The quantitative estimate of drug-likeness (QED) is 0.843. The van der Waals surface area contributed by atoms with Gasteiger partial charge in [0.2, 0.25) is 5.91 Å². The average Bonchev–Trinajstić information content (AvgIpc) is 2.54. The van der Waals surface area contributed by atoms with Gasteiger partial charge in [0.1, 0.15) is 0 Å². The molecule has 118 valence electrons. The number of allylic oxidation sites excluding steroid dienone is 1. The van der Waals surface area contributed by atoms with Crippen LogP contribution in [0.4, 0.5) is 0 Å². The Labute approximate surface area is 130 Å². The number of hydrogen-bond acceptors (Lipinski definition) is 3. The third-order valence-electron chi connectivity index (χ3n) is 3.67. The number of nitrogens with zero attached hydrogens (tertiary/aromatic N) is 1. The van der Waals surface area contributed by atoms with Crippen molar-refractivity contribution >= 4 is 11.9 Å². The number of ether oxygens (including phenoxy) is 1. The Morgan fingerprint density at radius 3 is 2.77 bits per heavy atom. The molecule has 1 unspecified atom stereocenters. The first-order valence-electron chi connectivity index (χ1n) is 7.40. The van der Waals surface area contributed by atoms with Crippen molar-refractivity contribution in [3.05, 3.63) is 47.5 Å². The topological polar surface area (TPSA) is 66.8 Å². The van der Waals surface area contributed by atoms with Crippen LogP contribution in [0.5, 0.6) is 0 Å². The van der Waals surface area contributed by atoms with Gasteiger partial charge in [0.15, 0.2) is 6.10 Å². The smallest absolute Gasteiger partial charge is 0.334 e. The second kappa shape index (κ2) is 7.75. The number of amides is 1. The van der Waals surface area contributed by atoms with Gasteiger partial charge in [-0.3, -0.25) is 4.79 Å². The Kier molecular flexibility index (Phi) is 5.72. The molecule has 1 atom stereocenters. The number of carboxylic acid groups (broad SMARTS) is 1. The van der Waals surface area contributed by atoms with E-state index in [9.17, 15) is 9.59 Å². The summed E-state index contributed by atoms with van der Waals surface area (Å²) in [6, 6.07) is 10.1. The number of carboxylic acids is 1. The van der Waals surface area contributed by atoms with Crippen molar-refractivity contribution in [3.63, 3.8) is 0 Å². The maximum Gasteiger partial charge on any atom is 0.334 e. The van der Waals surface area contributed by atoms with Crippen molar-refractivity contribution in [2.75, 3.05) is 19.7 Å². The molecule has 5 heteroatoms. The maximum absolute atomic E-state index is 12.2. The second-order valence-corrected chi connectivity index (χ2v) is 5.46. The number of rotatable bonds is 5. The SMILES string of the molecule is C/C(=C\C(=O)N1CCOC(C(=O)O)C1)CCc1ccccc1. The number of aryl methyl sites for hydroxylation is 1. The number of hydrogen-bond donors (Lipinski definition) is 1. The zero-order valence-corrected chi connectivity index (χ0v) is 12.7. The molecule has 0 aliphatic carbocycles. The molecule has 0 spiro atoms. The minimum atomic E-state index is -1.03. The number of morpholine rings is 1. The lowest BCUT2D eigenvalue weighted by Crippen LogP contribution is -2.48. The molecule has 0 radical (unpaired) electrons. The van der Waals surface area contributed by atoms with Gasteiger partial charge in [0, 0.05) is 12.6 Å². The minimum Gasteiger partial charge on any atom is -0.479 e. The average molecular weight is 303 g/mol. The molecule has 0 saturated carbocycles. The predicted octanol–water partition coefficient (Wildman–Crippen LogP) is 1.88. The van der Waals surface area contributed by atoms with E-state index in [1.807, 2.05) is 25.1 Å². The molecule has 1 N–H and O–H groups in total. The van der Waals surface area contributed by atoms with Crippen molar-refractivity contribution in [2.24, 2.45) is 0 Å². The Bertz CT molecular complexity index is 553. The van der Waals surface area contributed by atoms with Gasteiger partial charge in [0.05, 0.1) is 13.2 Å². The molecule has 1 aromatic carbocycles.